The Bertz CT molecular complexity index is 852. The highest BCUT2D eigenvalue weighted by Crippen LogP contribution is 2.48. The van der Waals surface area contributed by atoms with Crippen LogP contribution >= 0.6 is 11.6 Å². The lowest BCUT2D eigenvalue weighted by molar-refractivity contribution is -0.134. The van der Waals surface area contributed by atoms with Crippen LogP contribution in [-0.4, -0.2) is 25.7 Å². The predicted octanol–water partition coefficient (Wildman–Crippen LogP) is 3.54. The normalized spacial score (nSPS) is 24.3. The van der Waals surface area contributed by atoms with Crippen molar-refractivity contribution in [1.82, 2.24) is 0 Å². The number of rotatable bonds is 3. The zero-order chi connectivity index (χ0) is 17.6. The lowest BCUT2D eigenvalue weighted by atomic mass is 10.0. The van der Waals surface area contributed by atoms with Gasteiger partial charge in [0.05, 0.1) is 25.4 Å². The molecule has 2 aromatic rings. The van der Waals surface area contributed by atoms with Crippen LogP contribution in [0.2, 0.25) is 5.02 Å². The Kier molecular flexibility index (Phi) is 3.71. The number of methoxy groups -OCH3 is 1. The molecule has 0 aliphatic carbocycles. The fourth-order valence-electron chi connectivity index (χ4n) is 3.50. The number of hydrogen-bond acceptors (Lipinski definition) is 4. The highest BCUT2D eigenvalue weighted by atomic mass is 35.5. The molecule has 25 heavy (non-hydrogen) atoms. The van der Waals surface area contributed by atoms with Gasteiger partial charge in [-0.15, -0.1) is 6.58 Å². The lowest BCUT2D eigenvalue weighted by Crippen LogP contribution is -2.50. The van der Waals surface area contributed by atoms with Crippen molar-refractivity contribution >= 4 is 28.9 Å². The third kappa shape index (κ3) is 2.23. The van der Waals surface area contributed by atoms with Crippen LogP contribution in [0.3, 0.4) is 0 Å². The summed E-state index contributed by atoms with van der Waals surface area (Å²) in [5.74, 6) is 0.515. The van der Waals surface area contributed by atoms with Crippen LogP contribution in [0.15, 0.2) is 55.1 Å². The molecule has 2 atom stereocenters. The van der Waals surface area contributed by atoms with E-state index in [4.69, 9.17) is 21.1 Å². The second-order valence-electron chi connectivity index (χ2n) is 5.97. The van der Waals surface area contributed by atoms with Gasteiger partial charge < -0.3 is 19.7 Å². The van der Waals surface area contributed by atoms with Gasteiger partial charge in [-0.3, -0.25) is 4.79 Å². The van der Waals surface area contributed by atoms with Gasteiger partial charge in [-0.2, -0.15) is 0 Å². The maximum absolute atomic E-state index is 13.0. The average Bonchev–Trinajstić information content (AvgIpc) is 3.14. The molecule has 6 heteroatoms. The Labute approximate surface area is 150 Å². The van der Waals surface area contributed by atoms with Gasteiger partial charge in [-0.1, -0.05) is 23.7 Å². The second kappa shape index (κ2) is 5.79. The van der Waals surface area contributed by atoms with Crippen LogP contribution in [-0.2, 0) is 15.3 Å². The standard InChI is InChI=1S/C19H17ClN2O3/c1-3-13-11-25-19(22(13)14-5-7-15(24-2)8-6-14)16-9-4-12(20)10-17(16)21-18(19)23/h3-10,13H,1,11H2,2H3,(H,21,23)/t13-,19+/m1/s1. The van der Waals surface area contributed by atoms with Crippen LogP contribution in [0, 0.1) is 0 Å². The summed E-state index contributed by atoms with van der Waals surface area (Å²) >= 11 is 6.07. The fourth-order valence-corrected chi connectivity index (χ4v) is 3.67. The first-order valence-corrected chi connectivity index (χ1v) is 8.29. The van der Waals surface area contributed by atoms with E-state index in [0.717, 1.165) is 17.0 Å². The van der Waals surface area contributed by atoms with Crippen LogP contribution in [0.1, 0.15) is 5.56 Å². The van der Waals surface area contributed by atoms with Gasteiger partial charge in [-0.05, 0) is 36.4 Å². The molecule has 2 aliphatic rings. The van der Waals surface area contributed by atoms with Crippen LogP contribution in [0.4, 0.5) is 11.4 Å². The van der Waals surface area contributed by atoms with E-state index < -0.39 is 5.72 Å². The van der Waals surface area contributed by atoms with Crippen molar-refractivity contribution in [3.05, 3.63) is 65.7 Å². The molecule has 1 amide bonds. The number of carbonyl (C=O) groups is 1. The van der Waals surface area contributed by atoms with Crippen molar-refractivity contribution in [1.29, 1.82) is 0 Å². The van der Waals surface area contributed by atoms with E-state index >= 15 is 0 Å². The molecule has 0 bridgehead atoms. The van der Waals surface area contributed by atoms with Gasteiger partial charge in [0.1, 0.15) is 5.75 Å². The molecule has 1 spiro atoms. The number of halogens is 1. The first-order chi connectivity index (χ1) is 12.1. The number of nitrogens with zero attached hydrogens (tertiary/aromatic N) is 1. The van der Waals surface area contributed by atoms with Crippen molar-refractivity contribution in [3.63, 3.8) is 0 Å². The number of amides is 1. The molecule has 2 aliphatic heterocycles. The predicted molar refractivity (Wildman–Crippen MR) is 97.2 cm³/mol. The van der Waals surface area contributed by atoms with Gasteiger partial charge in [0.2, 0.25) is 0 Å². The zero-order valence-electron chi connectivity index (χ0n) is 13.7. The quantitative estimate of drug-likeness (QED) is 0.854. The van der Waals surface area contributed by atoms with Gasteiger partial charge in [0.25, 0.3) is 11.6 Å². The summed E-state index contributed by atoms with van der Waals surface area (Å²) in [6, 6.07) is 12.7. The molecule has 1 saturated heterocycles. The molecule has 5 nitrogen and oxygen atoms in total. The first-order valence-electron chi connectivity index (χ1n) is 7.91. The van der Waals surface area contributed by atoms with Gasteiger partial charge >= 0.3 is 0 Å². The maximum atomic E-state index is 13.0. The Morgan fingerprint density at radius 2 is 2.12 bits per heavy atom. The van der Waals surface area contributed by atoms with Crippen LogP contribution < -0.4 is 15.0 Å². The molecule has 4 rings (SSSR count). The van der Waals surface area contributed by atoms with E-state index in [1.807, 2.05) is 35.2 Å². The monoisotopic (exact) mass is 356 g/mol. The van der Waals surface area contributed by atoms with E-state index in [9.17, 15) is 4.79 Å². The van der Waals surface area contributed by atoms with E-state index in [1.165, 1.54) is 0 Å². The van der Waals surface area contributed by atoms with Crippen molar-refractivity contribution in [2.45, 2.75) is 11.8 Å². The average molecular weight is 357 g/mol. The fraction of sp³-hybridized carbons (Fsp3) is 0.211. The molecule has 2 heterocycles. The second-order valence-corrected chi connectivity index (χ2v) is 6.41. The van der Waals surface area contributed by atoms with Crippen LogP contribution in [0.25, 0.3) is 0 Å². The van der Waals surface area contributed by atoms with Crippen molar-refractivity contribution in [2.24, 2.45) is 0 Å². The first kappa shape index (κ1) is 16.0. The molecule has 2 aromatic carbocycles. The van der Waals surface area contributed by atoms with E-state index in [2.05, 4.69) is 11.9 Å². The molecule has 0 saturated carbocycles. The molecule has 128 valence electrons. The number of fused-ring (bicyclic) bond motifs is 2. The van der Waals surface area contributed by atoms with E-state index in [-0.39, 0.29) is 11.9 Å². The third-order valence-electron chi connectivity index (χ3n) is 4.66. The molecule has 1 N–H and O–H groups in total. The minimum absolute atomic E-state index is 0.138. The van der Waals surface area contributed by atoms with Gasteiger partial charge in [-0.25, -0.2) is 0 Å². The zero-order valence-corrected chi connectivity index (χ0v) is 14.4. The number of ether oxygens (including phenoxy) is 2. The Balaban J connectivity index is 1.88. The number of anilines is 2. The molecular formula is C19H17ClN2O3. The summed E-state index contributed by atoms with van der Waals surface area (Å²) < 4.78 is 11.3. The Hall–Kier alpha value is -2.50. The Morgan fingerprint density at radius 3 is 2.80 bits per heavy atom. The third-order valence-corrected chi connectivity index (χ3v) is 4.89. The number of nitrogens with one attached hydrogen (secondary N) is 1. The summed E-state index contributed by atoms with van der Waals surface area (Å²) in [5.41, 5.74) is 1.04. The minimum atomic E-state index is -1.23. The number of benzene rings is 2. The highest BCUT2D eigenvalue weighted by Gasteiger charge is 2.58. The molecule has 0 aromatic heterocycles. The number of carbonyl (C=O) groups excluding carboxylic acids is 1. The van der Waals surface area contributed by atoms with Crippen molar-refractivity contribution < 1.29 is 14.3 Å². The van der Waals surface area contributed by atoms with Crippen molar-refractivity contribution in [2.75, 3.05) is 23.9 Å². The van der Waals surface area contributed by atoms with E-state index in [1.54, 1.807) is 25.3 Å². The molecule has 0 radical (unpaired) electrons. The largest absolute Gasteiger partial charge is 0.497 e. The maximum Gasteiger partial charge on any atom is 0.283 e. The summed E-state index contributed by atoms with van der Waals surface area (Å²) in [6.45, 7) is 4.27. The molecule has 1 fully saturated rings. The topological polar surface area (TPSA) is 50.8 Å². The lowest BCUT2D eigenvalue weighted by Gasteiger charge is -2.35. The van der Waals surface area contributed by atoms with Crippen molar-refractivity contribution in [3.8, 4) is 5.75 Å². The highest BCUT2D eigenvalue weighted by molar-refractivity contribution is 6.31. The minimum Gasteiger partial charge on any atom is -0.497 e. The summed E-state index contributed by atoms with van der Waals surface area (Å²) in [7, 11) is 1.62. The summed E-state index contributed by atoms with van der Waals surface area (Å²) in [4.78, 5) is 14.9. The smallest absolute Gasteiger partial charge is 0.283 e. The van der Waals surface area contributed by atoms with Gasteiger partial charge in [0.15, 0.2) is 0 Å². The molecule has 0 unspecified atom stereocenters. The number of hydrogen-bond donors (Lipinski definition) is 1. The SMILES string of the molecule is C=C[C@@H]1CO[C@@]2(C(=O)Nc3cc(Cl)ccc32)N1c1ccc(OC)cc1. The van der Waals surface area contributed by atoms with Gasteiger partial charge in [0, 0.05) is 16.3 Å². The van der Waals surface area contributed by atoms with Crippen LogP contribution in [0.5, 0.6) is 5.75 Å². The molecular weight excluding hydrogens is 340 g/mol. The summed E-state index contributed by atoms with van der Waals surface area (Å²) in [6.07, 6.45) is 1.79. The summed E-state index contributed by atoms with van der Waals surface area (Å²) in [5, 5.41) is 3.45. The Morgan fingerprint density at radius 1 is 1.36 bits per heavy atom. The van der Waals surface area contributed by atoms with E-state index in [0.29, 0.717) is 17.3 Å².